The van der Waals surface area contributed by atoms with Crippen molar-refractivity contribution >= 4 is 40.1 Å². The molecule has 0 aliphatic carbocycles. The molecule has 0 spiro atoms. The van der Waals surface area contributed by atoms with Crippen molar-refractivity contribution in [2.45, 2.75) is 25.2 Å². The molecule has 1 aromatic carbocycles. The van der Waals surface area contributed by atoms with E-state index >= 15 is 0 Å². The summed E-state index contributed by atoms with van der Waals surface area (Å²) in [6.45, 7) is 1.97. The van der Waals surface area contributed by atoms with Gasteiger partial charge in [-0.15, -0.1) is 5.10 Å². The van der Waals surface area contributed by atoms with Gasteiger partial charge in [0.1, 0.15) is 0 Å². The number of nitrogens with one attached hydrogen (secondary N) is 1. The van der Waals surface area contributed by atoms with Gasteiger partial charge in [0.2, 0.25) is 0 Å². The third-order valence-electron chi connectivity index (χ3n) is 5.43. The molecule has 1 aliphatic heterocycles. The molecule has 1 fully saturated rings. The lowest BCUT2D eigenvalue weighted by atomic mass is 10.1. The molecule has 4 aromatic rings. The Labute approximate surface area is 192 Å². The standard InChI is InChI=1S/C22H21N7O5/c1-12-11-28(17-6-9-29(26-17)14-4-7-24-8-5-14)22(32)19(33-12)18(30)21(31)25-13-2-3-15-16(10-13)34-27-20(15)23/h2-10,12,18-19,30H,11H2,1H3,(H2,23,27)(H,25,31)/t12-,18+,19+/m0/s1. The molecule has 12 nitrogen and oxygen atoms in total. The van der Waals surface area contributed by atoms with Gasteiger partial charge in [-0.1, -0.05) is 5.16 Å². The molecule has 4 heterocycles. The van der Waals surface area contributed by atoms with Crippen molar-refractivity contribution < 1.29 is 24.0 Å². The number of fused-ring (bicyclic) bond motifs is 1. The fourth-order valence-electron chi connectivity index (χ4n) is 3.76. The monoisotopic (exact) mass is 463 g/mol. The molecule has 174 valence electrons. The number of aliphatic hydroxyl groups excluding tert-OH is 1. The van der Waals surface area contributed by atoms with E-state index in [0.717, 1.165) is 5.69 Å². The number of amides is 2. The second-order valence-electron chi connectivity index (χ2n) is 7.85. The van der Waals surface area contributed by atoms with E-state index in [4.69, 9.17) is 15.0 Å². The van der Waals surface area contributed by atoms with Crippen LogP contribution in [0.25, 0.3) is 16.7 Å². The summed E-state index contributed by atoms with van der Waals surface area (Å²) in [7, 11) is 0. The average molecular weight is 463 g/mol. The number of nitrogens with zero attached hydrogens (tertiary/aromatic N) is 5. The van der Waals surface area contributed by atoms with Crippen LogP contribution in [-0.2, 0) is 14.3 Å². The quantitative estimate of drug-likeness (QED) is 0.394. The molecule has 0 saturated carbocycles. The molecule has 3 atom stereocenters. The van der Waals surface area contributed by atoms with Crippen molar-refractivity contribution in [2.24, 2.45) is 0 Å². The Balaban J connectivity index is 1.33. The molecule has 4 N–H and O–H groups in total. The van der Waals surface area contributed by atoms with Gasteiger partial charge in [-0.3, -0.25) is 19.5 Å². The number of hydrogen-bond donors (Lipinski definition) is 3. The zero-order valence-electron chi connectivity index (χ0n) is 18.0. The third-order valence-corrected chi connectivity index (χ3v) is 5.43. The van der Waals surface area contributed by atoms with E-state index in [-0.39, 0.29) is 12.4 Å². The number of benzene rings is 1. The van der Waals surface area contributed by atoms with Gasteiger partial charge in [0.15, 0.2) is 29.4 Å². The number of carbonyl (C=O) groups is 2. The predicted octanol–water partition coefficient (Wildman–Crippen LogP) is 1.11. The number of aliphatic hydroxyl groups is 1. The Morgan fingerprint density at radius 2 is 2.06 bits per heavy atom. The molecular weight excluding hydrogens is 442 g/mol. The van der Waals surface area contributed by atoms with Crippen LogP contribution in [0.15, 0.2) is 59.5 Å². The Hall–Kier alpha value is -4.29. The number of morpholine rings is 1. The van der Waals surface area contributed by atoms with Gasteiger partial charge in [0.05, 0.1) is 23.7 Å². The van der Waals surface area contributed by atoms with Gasteiger partial charge in [-0.25, -0.2) is 4.68 Å². The summed E-state index contributed by atoms with van der Waals surface area (Å²) >= 11 is 0. The highest BCUT2D eigenvalue weighted by atomic mass is 16.5. The van der Waals surface area contributed by atoms with Crippen LogP contribution >= 0.6 is 0 Å². The van der Waals surface area contributed by atoms with Gasteiger partial charge in [-0.2, -0.15) is 0 Å². The highest BCUT2D eigenvalue weighted by molar-refractivity contribution is 6.04. The molecule has 5 rings (SSSR count). The fraction of sp³-hybridized carbons (Fsp3) is 0.227. The Morgan fingerprint density at radius 1 is 1.26 bits per heavy atom. The summed E-state index contributed by atoms with van der Waals surface area (Å²) < 4.78 is 12.3. The molecule has 12 heteroatoms. The van der Waals surface area contributed by atoms with Crippen molar-refractivity contribution in [1.82, 2.24) is 19.9 Å². The molecule has 1 aliphatic rings. The summed E-state index contributed by atoms with van der Waals surface area (Å²) in [6, 6.07) is 9.98. The Morgan fingerprint density at radius 3 is 2.85 bits per heavy atom. The maximum Gasteiger partial charge on any atom is 0.260 e. The summed E-state index contributed by atoms with van der Waals surface area (Å²) in [5.74, 6) is -0.766. The number of nitrogens with two attached hydrogens (primary N) is 1. The lowest BCUT2D eigenvalue weighted by Gasteiger charge is -2.36. The van der Waals surface area contributed by atoms with E-state index in [0.29, 0.717) is 22.5 Å². The topological polar surface area (TPSA) is 162 Å². The van der Waals surface area contributed by atoms with Crippen molar-refractivity contribution in [2.75, 3.05) is 22.5 Å². The van der Waals surface area contributed by atoms with Crippen molar-refractivity contribution in [1.29, 1.82) is 0 Å². The van der Waals surface area contributed by atoms with Gasteiger partial charge in [0.25, 0.3) is 11.8 Å². The van der Waals surface area contributed by atoms with E-state index in [2.05, 4.69) is 20.6 Å². The molecule has 3 aromatic heterocycles. The maximum atomic E-state index is 13.2. The number of aromatic nitrogens is 4. The van der Waals surface area contributed by atoms with E-state index in [1.165, 1.54) is 11.0 Å². The number of rotatable bonds is 5. The summed E-state index contributed by atoms with van der Waals surface area (Å²) in [6.07, 6.45) is 1.39. The number of anilines is 3. The van der Waals surface area contributed by atoms with Gasteiger partial charge >= 0.3 is 0 Å². The van der Waals surface area contributed by atoms with E-state index < -0.39 is 30.1 Å². The average Bonchev–Trinajstić information content (AvgIpc) is 3.47. The minimum atomic E-state index is -1.75. The molecular formula is C22H21N7O5. The normalized spacial score (nSPS) is 19.4. The first-order valence-electron chi connectivity index (χ1n) is 10.5. The number of ether oxygens (including phenoxy) is 1. The number of hydrogen-bond acceptors (Lipinski definition) is 9. The van der Waals surface area contributed by atoms with Crippen LogP contribution in [0, 0.1) is 0 Å². The van der Waals surface area contributed by atoms with E-state index in [9.17, 15) is 14.7 Å². The highest BCUT2D eigenvalue weighted by Crippen LogP contribution is 2.25. The minimum Gasteiger partial charge on any atom is -0.380 e. The first-order chi connectivity index (χ1) is 16.4. The van der Waals surface area contributed by atoms with E-state index in [1.54, 1.807) is 60.5 Å². The van der Waals surface area contributed by atoms with Crippen molar-refractivity contribution in [3.8, 4) is 5.69 Å². The summed E-state index contributed by atoms with van der Waals surface area (Å²) in [5.41, 5.74) is 7.19. The second kappa shape index (κ2) is 8.57. The summed E-state index contributed by atoms with van der Waals surface area (Å²) in [5, 5.41) is 22.0. The first-order valence-corrected chi connectivity index (χ1v) is 10.5. The summed E-state index contributed by atoms with van der Waals surface area (Å²) in [4.78, 5) is 31.3. The van der Waals surface area contributed by atoms with Gasteiger partial charge in [0, 0.05) is 36.4 Å². The van der Waals surface area contributed by atoms with Crippen LogP contribution in [0.1, 0.15) is 6.92 Å². The van der Waals surface area contributed by atoms with Crippen LogP contribution in [0.5, 0.6) is 0 Å². The third kappa shape index (κ3) is 3.95. The maximum absolute atomic E-state index is 13.2. The van der Waals surface area contributed by atoms with Gasteiger partial charge < -0.3 is 25.4 Å². The van der Waals surface area contributed by atoms with Crippen molar-refractivity contribution in [3.05, 3.63) is 55.0 Å². The SMILES string of the molecule is C[C@H]1CN(c2ccn(-c3ccncc3)n2)C(=O)[C@@H]([C@@H](O)C(=O)Nc2ccc3c(N)noc3c2)O1. The van der Waals surface area contributed by atoms with Crippen LogP contribution in [0.2, 0.25) is 0 Å². The van der Waals surface area contributed by atoms with Gasteiger partial charge in [-0.05, 0) is 31.2 Å². The molecule has 2 amide bonds. The first kappa shape index (κ1) is 21.6. The Bertz CT molecular complexity index is 1350. The smallest absolute Gasteiger partial charge is 0.260 e. The number of pyridine rings is 1. The molecule has 0 radical (unpaired) electrons. The van der Waals surface area contributed by atoms with Crippen LogP contribution in [0.4, 0.5) is 17.3 Å². The lowest BCUT2D eigenvalue weighted by Crippen LogP contribution is -2.58. The zero-order valence-corrected chi connectivity index (χ0v) is 18.0. The number of carbonyl (C=O) groups excluding carboxylic acids is 2. The fourth-order valence-corrected chi connectivity index (χ4v) is 3.76. The Kier molecular flexibility index (Phi) is 5.43. The predicted molar refractivity (Wildman–Crippen MR) is 121 cm³/mol. The lowest BCUT2D eigenvalue weighted by molar-refractivity contribution is -0.156. The van der Waals surface area contributed by atoms with Crippen LogP contribution in [-0.4, -0.2) is 61.7 Å². The van der Waals surface area contributed by atoms with Crippen LogP contribution < -0.4 is 16.0 Å². The zero-order chi connectivity index (χ0) is 23.8. The molecule has 0 bridgehead atoms. The molecule has 0 unspecified atom stereocenters. The van der Waals surface area contributed by atoms with Crippen LogP contribution in [0.3, 0.4) is 0 Å². The number of nitrogen functional groups attached to an aromatic ring is 1. The largest absolute Gasteiger partial charge is 0.380 e. The molecule has 34 heavy (non-hydrogen) atoms. The van der Waals surface area contributed by atoms with E-state index in [1.807, 2.05) is 0 Å². The minimum absolute atomic E-state index is 0.223. The second-order valence-corrected chi connectivity index (χ2v) is 7.85. The van der Waals surface area contributed by atoms with Crippen molar-refractivity contribution in [3.63, 3.8) is 0 Å². The molecule has 1 saturated heterocycles. The highest BCUT2D eigenvalue weighted by Gasteiger charge is 2.42.